The van der Waals surface area contributed by atoms with Crippen LogP contribution in [0.3, 0.4) is 0 Å². The fraction of sp³-hybridized carbons (Fsp3) is 0.750. The summed E-state index contributed by atoms with van der Waals surface area (Å²) in [7, 11) is 4.11. The Morgan fingerprint density at radius 3 is 3.25 bits per heavy atom. The lowest BCUT2D eigenvalue weighted by atomic mass is 9.95. The molecule has 0 amide bonds. The van der Waals surface area contributed by atoms with Crippen LogP contribution in [0.25, 0.3) is 0 Å². The highest BCUT2D eigenvalue weighted by atomic mass is 16.3. The molecule has 16 heavy (non-hydrogen) atoms. The molecule has 0 radical (unpaired) electrons. The van der Waals surface area contributed by atoms with Gasteiger partial charge in [0.05, 0.1) is 5.69 Å². The van der Waals surface area contributed by atoms with Crippen molar-refractivity contribution in [2.24, 2.45) is 5.92 Å². The van der Waals surface area contributed by atoms with Crippen LogP contribution in [0.1, 0.15) is 24.4 Å². The summed E-state index contributed by atoms with van der Waals surface area (Å²) < 4.78 is 5.49. The van der Waals surface area contributed by atoms with Crippen LogP contribution in [0.15, 0.2) is 10.7 Å². The Balaban J connectivity index is 1.87. The molecule has 2 rings (SSSR count). The number of likely N-dealkylation sites (tertiary alicyclic amines) is 1. The second kappa shape index (κ2) is 5.46. The van der Waals surface area contributed by atoms with E-state index >= 15 is 0 Å². The predicted molar refractivity (Wildman–Crippen MR) is 63.2 cm³/mol. The van der Waals surface area contributed by atoms with Gasteiger partial charge < -0.3 is 14.6 Å². The molecule has 0 aliphatic carbocycles. The van der Waals surface area contributed by atoms with Gasteiger partial charge in [-0.05, 0) is 39.4 Å². The van der Waals surface area contributed by atoms with Crippen molar-refractivity contribution in [2.75, 3.05) is 27.2 Å². The second-order valence-electron chi connectivity index (χ2n) is 4.74. The molecular formula is C12H21N3O. The Morgan fingerprint density at radius 1 is 1.62 bits per heavy atom. The maximum absolute atomic E-state index is 5.49. The van der Waals surface area contributed by atoms with Crippen molar-refractivity contribution >= 4 is 0 Å². The number of oxazole rings is 1. The first-order valence-corrected chi connectivity index (χ1v) is 6.04. The van der Waals surface area contributed by atoms with Gasteiger partial charge in [-0.25, -0.2) is 4.98 Å². The maximum atomic E-state index is 5.49. The third-order valence-electron chi connectivity index (χ3n) is 3.14. The van der Waals surface area contributed by atoms with E-state index in [-0.39, 0.29) is 0 Å². The summed E-state index contributed by atoms with van der Waals surface area (Å²) in [5, 5.41) is 3.08. The highest BCUT2D eigenvalue weighted by Crippen LogP contribution is 2.19. The fourth-order valence-electron chi connectivity index (χ4n) is 2.39. The van der Waals surface area contributed by atoms with Gasteiger partial charge in [-0.3, -0.25) is 0 Å². The first-order valence-electron chi connectivity index (χ1n) is 6.04. The van der Waals surface area contributed by atoms with Gasteiger partial charge >= 0.3 is 0 Å². The fourth-order valence-corrected chi connectivity index (χ4v) is 2.39. The molecule has 2 heterocycles. The molecule has 1 atom stereocenters. The van der Waals surface area contributed by atoms with Crippen LogP contribution in [0.2, 0.25) is 0 Å². The van der Waals surface area contributed by atoms with Crippen molar-refractivity contribution in [1.82, 2.24) is 15.2 Å². The molecule has 1 aromatic heterocycles. The van der Waals surface area contributed by atoms with Gasteiger partial charge in [-0.15, -0.1) is 0 Å². The van der Waals surface area contributed by atoms with Gasteiger partial charge in [0, 0.05) is 19.5 Å². The zero-order valence-corrected chi connectivity index (χ0v) is 10.2. The molecule has 0 saturated carbocycles. The van der Waals surface area contributed by atoms with Crippen LogP contribution in [-0.4, -0.2) is 37.1 Å². The van der Waals surface area contributed by atoms with E-state index in [2.05, 4.69) is 22.2 Å². The molecule has 4 heteroatoms. The van der Waals surface area contributed by atoms with Crippen LogP contribution in [0.5, 0.6) is 0 Å². The summed E-state index contributed by atoms with van der Waals surface area (Å²) in [5.74, 6) is 1.60. The standard InChI is InChI=1S/C12H21N3O/c1-13-7-11-9-16-12(14-11)6-10-4-3-5-15(2)8-10/h9-10,13H,3-8H2,1-2H3. The summed E-state index contributed by atoms with van der Waals surface area (Å²) in [6.07, 6.45) is 5.34. The van der Waals surface area contributed by atoms with E-state index in [1.807, 2.05) is 7.05 Å². The Labute approximate surface area is 97.0 Å². The van der Waals surface area contributed by atoms with Crippen LogP contribution in [0.4, 0.5) is 0 Å². The molecule has 1 aromatic rings. The number of hydrogen-bond acceptors (Lipinski definition) is 4. The van der Waals surface area contributed by atoms with Crippen molar-refractivity contribution in [1.29, 1.82) is 0 Å². The largest absolute Gasteiger partial charge is 0.449 e. The molecule has 1 fully saturated rings. The molecule has 1 saturated heterocycles. The Morgan fingerprint density at radius 2 is 2.50 bits per heavy atom. The normalized spacial score (nSPS) is 22.5. The number of nitrogens with one attached hydrogen (secondary N) is 1. The monoisotopic (exact) mass is 223 g/mol. The Kier molecular flexibility index (Phi) is 3.96. The van der Waals surface area contributed by atoms with E-state index in [1.165, 1.54) is 25.9 Å². The maximum Gasteiger partial charge on any atom is 0.194 e. The minimum atomic E-state index is 0.708. The molecule has 0 aromatic carbocycles. The quantitative estimate of drug-likeness (QED) is 0.835. The first-order chi connectivity index (χ1) is 7.78. The molecule has 1 aliphatic rings. The average molecular weight is 223 g/mol. The lowest BCUT2D eigenvalue weighted by Crippen LogP contribution is -2.33. The zero-order chi connectivity index (χ0) is 11.4. The molecular weight excluding hydrogens is 202 g/mol. The van der Waals surface area contributed by atoms with Crippen LogP contribution < -0.4 is 5.32 Å². The van der Waals surface area contributed by atoms with Crippen LogP contribution in [0, 0.1) is 5.92 Å². The minimum Gasteiger partial charge on any atom is -0.449 e. The number of piperidine rings is 1. The van der Waals surface area contributed by atoms with E-state index < -0.39 is 0 Å². The minimum absolute atomic E-state index is 0.708. The Hall–Kier alpha value is -0.870. The number of rotatable bonds is 4. The average Bonchev–Trinajstić information content (AvgIpc) is 2.66. The molecule has 4 nitrogen and oxygen atoms in total. The van der Waals surface area contributed by atoms with Crippen molar-refractivity contribution in [3.05, 3.63) is 17.8 Å². The van der Waals surface area contributed by atoms with Gasteiger partial charge in [-0.2, -0.15) is 0 Å². The lowest BCUT2D eigenvalue weighted by molar-refractivity contribution is 0.202. The number of nitrogens with zero attached hydrogens (tertiary/aromatic N) is 2. The highest BCUT2D eigenvalue weighted by Gasteiger charge is 2.19. The summed E-state index contributed by atoms with van der Waals surface area (Å²) in [6.45, 7) is 3.19. The topological polar surface area (TPSA) is 41.3 Å². The van der Waals surface area contributed by atoms with E-state index in [0.29, 0.717) is 5.92 Å². The third-order valence-corrected chi connectivity index (χ3v) is 3.14. The zero-order valence-electron chi connectivity index (χ0n) is 10.2. The van der Waals surface area contributed by atoms with Crippen molar-refractivity contribution in [3.8, 4) is 0 Å². The second-order valence-corrected chi connectivity index (χ2v) is 4.74. The SMILES string of the molecule is CNCc1coc(CC2CCCN(C)C2)n1. The molecule has 0 bridgehead atoms. The van der Waals surface area contributed by atoms with Crippen LogP contribution in [-0.2, 0) is 13.0 Å². The highest BCUT2D eigenvalue weighted by molar-refractivity contribution is 4.97. The molecule has 1 unspecified atom stereocenters. The third kappa shape index (κ3) is 3.06. The summed E-state index contributed by atoms with van der Waals surface area (Å²) >= 11 is 0. The molecule has 1 aliphatic heterocycles. The number of aromatic nitrogens is 1. The smallest absolute Gasteiger partial charge is 0.194 e. The van der Waals surface area contributed by atoms with Gasteiger partial charge in [-0.1, -0.05) is 0 Å². The van der Waals surface area contributed by atoms with E-state index in [4.69, 9.17) is 4.42 Å². The lowest BCUT2D eigenvalue weighted by Gasteiger charge is -2.28. The molecule has 1 N–H and O–H groups in total. The van der Waals surface area contributed by atoms with Gasteiger partial charge in [0.1, 0.15) is 6.26 Å². The van der Waals surface area contributed by atoms with Gasteiger partial charge in [0.25, 0.3) is 0 Å². The van der Waals surface area contributed by atoms with E-state index in [0.717, 1.165) is 24.6 Å². The van der Waals surface area contributed by atoms with Gasteiger partial charge in [0.15, 0.2) is 5.89 Å². The van der Waals surface area contributed by atoms with E-state index in [9.17, 15) is 0 Å². The first kappa shape index (κ1) is 11.6. The van der Waals surface area contributed by atoms with Crippen molar-refractivity contribution < 1.29 is 4.42 Å². The summed E-state index contributed by atoms with van der Waals surface area (Å²) in [5.41, 5.74) is 1.00. The molecule has 0 spiro atoms. The van der Waals surface area contributed by atoms with Crippen molar-refractivity contribution in [2.45, 2.75) is 25.8 Å². The van der Waals surface area contributed by atoms with Crippen LogP contribution >= 0.6 is 0 Å². The van der Waals surface area contributed by atoms with Gasteiger partial charge in [0.2, 0.25) is 0 Å². The number of hydrogen-bond donors (Lipinski definition) is 1. The molecule has 90 valence electrons. The predicted octanol–water partition coefficient (Wildman–Crippen LogP) is 1.28. The van der Waals surface area contributed by atoms with Crippen molar-refractivity contribution in [3.63, 3.8) is 0 Å². The van der Waals surface area contributed by atoms with E-state index in [1.54, 1.807) is 6.26 Å². The Bertz CT molecular complexity index is 324. The summed E-state index contributed by atoms with van der Waals surface area (Å²) in [4.78, 5) is 6.87. The summed E-state index contributed by atoms with van der Waals surface area (Å²) in [6, 6.07) is 0.